The van der Waals surface area contributed by atoms with Crippen LogP contribution in [0.5, 0.6) is 11.5 Å². The maximum atomic E-state index is 6.04. The number of ether oxygens (including phenoxy) is 1. The van der Waals surface area contributed by atoms with E-state index in [1.807, 2.05) is 6.07 Å². The highest BCUT2D eigenvalue weighted by Crippen LogP contribution is 2.33. The summed E-state index contributed by atoms with van der Waals surface area (Å²) < 4.78 is 5.63. The second kappa shape index (κ2) is 6.03. The fourth-order valence-electron chi connectivity index (χ4n) is 1.38. The second-order valence-corrected chi connectivity index (χ2v) is 5.08. The van der Waals surface area contributed by atoms with Gasteiger partial charge in [-0.1, -0.05) is 40.9 Å². The Balaban J connectivity index is 2.26. The Morgan fingerprint density at radius 3 is 2.28 bits per heavy atom. The number of rotatable bonds is 3. The predicted molar refractivity (Wildman–Crippen MR) is 77.5 cm³/mol. The summed E-state index contributed by atoms with van der Waals surface area (Å²) in [5.74, 6) is 1.48. The largest absolute Gasteiger partial charge is 0.456 e. The molecule has 0 aliphatic rings. The van der Waals surface area contributed by atoms with Gasteiger partial charge in [0.2, 0.25) is 0 Å². The smallest absolute Gasteiger partial charge is 0.146 e. The average Bonchev–Trinajstić information content (AvgIpc) is 2.33. The maximum absolute atomic E-state index is 6.04. The third-order valence-corrected chi connectivity index (χ3v) is 3.46. The summed E-state index contributed by atoms with van der Waals surface area (Å²) in [4.78, 5) is 0. The Hall–Kier alpha value is -0.600. The molecule has 2 aromatic rings. The number of halogens is 4. The molecule has 1 nitrogen and oxygen atoms in total. The van der Waals surface area contributed by atoms with Crippen molar-refractivity contribution in [2.75, 3.05) is 0 Å². The van der Waals surface area contributed by atoms with Crippen LogP contribution >= 0.6 is 46.4 Å². The van der Waals surface area contributed by atoms with E-state index in [0.29, 0.717) is 32.4 Å². The van der Waals surface area contributed by atoms with Crippen LogP contribution in [0.15, 0.2) is 36.4 Å². The van der Waals surface area contributed by atoms with Gasteiger partial charge in [0.05, 0.1) is 5.02 Å². The molecule has 0 saturated heterocycles. The molecule has 2 rings (SSSR count). The van der Waals surface area contributed by atoms with E-state index in [4.69, 9.17) is 51.1 Å². The van der Waals surface area contributed by atoms with Crippen molar-refractivity contribution in [2.24, 2.45) is 0 Å². The van der Waals surface area contributed by atoms with Gasteiger partial charge in [-0.3, -0.25) is 0 Å². The summed E-state index contributed by atoms with van der Waals surface area (Å²) >= 11 is 23.6. The fraction of sp³-hybridized carbons (Fsp3) is 0.0769. The van der Waals surface area contributed by atoms with E-state index in [9.17, 15) is 0 Å². The summed E-state index contributed by atoms with van der Waals surface area (Å²) in [6.07, 6.45) is 0. The van der Waals surface area contributed by atoms with Crippen LogP contribution in [-0.4, -0.2) is 0 Å². The van der Waals surface area contributed by atoms with E-state index in [0.717, 1.165) is 5.56 Å². The molecule has 0 saturated carbocycles. The molecular weight excluding hydrogens is 314 g/mol. The third-order valence-electron chi connectivity index (χ3n) is 2.29. The lowest BCUT2D eigenvalue weighted by Crippen LogP contribution is -1.87. The minimum absolute atomic E-state index is 0.362. The zero-order valence-corrected chi connectivity index (χ0v) is 12.1. The van der Waals surface area contributed by atoms with Gasteiger partial charge in [0.25, 0.3) is 0 Å². The van der Waals surface area contributed by atoms with Crippen molar-refractivity contribution in [1.82, 2.24) is 0 Å². The predicted octanol–water partition coefficient (Wildman–Crippen LogP) is 6.18. The number of hydrogen-bond donors (Lipinski definition) is 0. The van der Waals surface area contributed by atoms with Crippen molar-refractivity contribution in [3.63, 3.8) is 0 Å². The molecule has 0 unspecified atom stereocenters. The summed E-state index contributed by atoms with van der Waals surface area (Å²) in [7, 11) is 0. The van der Waals surface area contributed by atoms with Gasteiger partial charge >= 0.3 is 0 Å². The molecule has 0 aliphatic heterocycles. The minimum atomic E-state index is 0.362. The van der Waals surface area contributed by atoms with Gasteiger partial charge in [0.1, 0.15) is 11.5 Å². The van der Waals surface area contributed by atoms with Crippen LogP contribution in [0.3, 0.4) is 0 Å². The monoisotopic (exact) mass is 320 g/mol. The molecule has 0 N–H and O–H groups in total. The summed E-state index contributed by atoms with van der Waals surface area (Å²) in [6.45, 7) is 0. The highest BCUT2D eigenvalue weighted by Gasteiger charge is 2.06. The lowest BCUT2D eigenvalue weighted by Gasteiger charge is -2.09. The molecule has 18 heavy (non-hydrogen) atoms. The van der Waals surface area contributed by atoms with Crippen molar-refractivity contribution in [3.8, 4) is 11.5 Å². The molecule has 0 spiro atoms. The molecule has 0 radical (unpaired) electrons. The van der Waals surface area contributed by atoms with Gasteiger partial charge in [0.15, 0.2) is 0 Å². The van der Waals surface area contributed by atoms with E-state index in [-0.39, 0.29) is 0 Å². The summed E-state index contributed by atoms with van der Waals surface area (Å²) in [6, 6.07) is 10.3. The lowest BCUT2D eigenvalue weighted by molar-refractivity contribution is 0.483. The zero-order valence-electron chi connectivity index (χ0n) is 9.09. The van der Waals surface area contributed by atoms with Gasteiger partial charge in [-0.2, -0.15) is 0 Å². The highest BCUT2D eigenvalue weighted by molar-refractivity contribution is 6.35. The summed E-state index contributed by atoms with van der Waals surface area (Å²) in [5, 5.41) is 1.57. The van der Waals surface area contributed by atoms with E-state index < -0.39 is 0 Å². The highest BCUT2D eigenvalue weighted by atomic mass is 35.5. The Kier molecular flexibility index (Phi) is 4.63. The molecule has 0 amide bonds. The fourth-order valence-corrected chi connectivity index (χ4v) is 2.37. The normalized spacial score (nSPS) is 10.4. The van der Waals surface area contributed by atoms with Crippen LogP contribution < -0.4 is 4.74 Å². The lowest BCUT2D eigenvalue weighted by atomic mass is 10.2. The third kappa shape index (κ3) is 3.24. The Bertz CT molecular complexity index is 569. The molecule has 0 heterocycles. The zero-order chi connectivity index (χ0) is 13.1. The van der Waals surface area contributed by atoms with Gasteiger partial charge < -0.3 is 4.74 Å². The quantitative estimate of drug-likeness (QED) is 0.613. The first-order chi connectivity index (χ1) is 8.60. The van der Waals surface area contributed by atoms with Crippen LogP contribution in [0.4, 0.5) is 0 Å². The average molecular weight is 322 g/mol. The van der Waals surface area contributed by atoms with Crippen molar-refractivity contribution < 1.29 is 4.74 Å². The molecule has 0 bridgehead atoms. The van der Waals surface area contributed by atoms with Crippen LogP contribution in [-0.2, 0) is 5.88 Å². The van der Waals surface area contributed by atoms with E-state index in [1.54, 1.807) is 30.3 Å². The molecule has 2 aromatic carbocycles. The Labute approximate surface area is 125 Å². The van der Waals surface area contributed by atoms with Crippen molar-refractivity contribution >= 4 is 46.4 Å². The van der Waals surface area contributed by atoms with E-state index >= 15 is 0 Å². The topological polar surface area (TPSA) is 9.23 Å². The first-order valence-corrected chi connectivity index (χ1v) is 6.74. The minimum Gasteiger partial charge on any atom is -0.456 e. The molecule has 0 aromatic heterocycles. The van der Waals surface area contributed by atoms with Crippen LogP contribution in [0.1, 0.15) is 5.56 Å². The van der Waals surface area contributed by atoms with Crippen LogP contribution in [0, 0.1) is 0 Å². The number of hydrogen-bond acceptors (Lipinski definition) is 1. The first kappa shape index (κ1) is 13.8. The first-order valence-electron chi connectivity index (χ1n) is 5.07. The summed E-state index contributed by atoms with van der Waals surface area (Å²) in [5.41, 5.74) is 0.855. The van der Waals surface area contributed by atoms with Gasteiger partial charge in [-0.05, 0) is 35.9 Å². The Morgan fingerprint density at radius 2 is 1.67 bits per heavy atom. The SMILES string of the molecule is ClCc1ccc(Oc2ccc(Cl)cc2Cl)cc1Cl. The molecule has 5 heteroatoms. The van der Waals surface area contributed by atoms with Crippen molar-refractivity contribution in [3.05, 3.63) is 57.0 Å². The maximum Gasteiger partial charge on any atom is 0.146 e. The standard InChI is InChI=1S/C13H8Cl4O/c14-7-8-1-3-10(6-11(8)16)18-13-4-2-9(15)5-12(13)17/h1-6H,7H2. The van der Waals surface area contributed by atoms with Gasteiger partial charge in [0, 0.05) is 15.9 Å². The molecule has 94 valence electrons. The molecular formula is C13H8Cl4O. The van der Waals surface area contributed by atoms with Gasteiger partial charge in [-0.15, -0.1) is 11.6 Å². The van der Waals surface area contributed by atoms with Crippen LogP contribution in [0.2, 0.25) is 15.1 Å². The number of alkyl halides is 1. The second-order valence-electron chi connectivity index (χ2n) is 3.56. The van der Waals surface area contributed by atoms with Crippen molar-refractivity contribution in [1.29, 1.82) is 0 Å². The van der Waals surface area contributed by atoms with E-state index in [1.165, 1.54) is 0 Å². The molecule has 0 aliphatic carbocycles. The number of benzene rings is 2. The molecule has 0 fully saturated rings. The van der Waals surface area contributed by atoms with Crippen LogP contribution in [0.25, 0.3) is 0 Å². The Morgan fingerprint density at radius 1 is 0.889 bits per heavy atom. The van der Waals surface area contributed by atoms with E-state index in [2.05, 4.69) is 0 Å². The van der Waals surface area contributed by atoms with Gasteiger partial charge in [-0.25, -0.2) is 0 Å². The van der Waals surface area contributed by atoms with Crippen molar-refractivity contribution in [2.45, 2.75) is 5.88 Å². The molecule has 0 atom stereocenters.